The summed E-state index contributed by atoms with van der Waals surface area (Å²) in [7, 11) is 0. The summed E-state index contributed by atoms with van der Waals surface area (Å²) < 4.78 is 0. The van der Waals surface area contributed by atoms with Crippen LogP contribution in [0.15, 0.2) is 42.9 Å². The fourth-order valence-electron chi connectivity index (χ4n) is 1.58. The number of aromatic nitrogens is 2. The van der Waals surface area contributed by atoms with Crippen LogP contribution in [0.5, 0.6) is 0 Å². The number of hydrogen-bond donors (Lipinski definition) is 2. The molecule has 2 N–H and O–H groups in total. The Morgan fingerprint density at radius 3 is 2.63 bits per heavy atom. The molecule has 6 heteroatoms. The molecule has 1 unspecified atom stereocenters. The van der Waals surface area contributed by atoms with E-state index in [1.54, 1.807) is 24.3 Å². The van der Waals surface area contributed by atoms with Gasteiger partial charge in [-0.05, 0) is 17.7 Å². The van der Waals surface area contributed by atoms with Gasteiger partial charge in [0.2, 0.25) is 0 Å². The van der Waals surface area contributed by atoms with E-state index in [-0.39, 0.29) is 18.2 Å². The first kappa shape index (κ1) is 13.5. The zero-order valence-corrected chi connectivity index (χ0v) is 10.7. The molecule has 1 aromatic carbocycles. The number of aliphatic hydroxyl groups excluding tert-OH is 1. The van der Waals surface area contributed by atoms with E-state index in [4.69, 9.17) is 11.6 Å². The Kier molecular flexibility index (Phi) is 4.43. The molecule has 5 nitrogen and oxygen atoms in total. The van der Waals surface area contributed by atoms with Gasteiger partial charge in [0.25, 0.3) is 5.91 Å². The number of amides is 1. The second-order valence-corrected chi connectivity index (χ2v) is 4.29. The summed E-state index contributed by atoms with van der Waals surface area (Å²) in [6.07, 6.45) is 4.29. The van der Waals surface area contributed by atoms with Crippen molar-refractivity contribution in [2.75, 3.05) is 6.61 Å². The van der Waals surface area contributed by atoms with Gasteiger partial charge < -0.3 is 10.4 Å². The first-order chi connectivity index (χ1) is 9.20. The van der Waals surface area contributed by atoms with Crippen LogP contribution in [0.3, 0.4) is 0 Å². The predicted molar refractivity (Wildman–Crippen MR) is 70.8 cm³/mol. The summed E-state index contributed by atoms with van der Waals surface area (Å²) in [5.74, 6) is -0.387. The molecule has 0 aliphatic rings. The third-order valence-electron chi connectivity index (χ3n) is 2.56. The van der Waals surface area contributed by atoms with Crippen molar-refractivity contribution in [3.63, 3.8) is 0 Å². The first-order valence-corrected chi connectivity index (χ1v) is 6.01. The average molecular weight is 278 g/mol. The fraction of sp³-hybridized carbons (Fsp3) is 0.154. The van der Waals surface area contributed by atoms with Crippen LogP contribution < -0.4 is 5.32 Å². The highest BCUT2D eigenvalue weighted by atomic mass is 35.5. The van der Waals surface area contributed by atoms with Crippen LogP contribution >= 0.6 is 11.6 Å². The maximum atomic E-state index is 11.9. The highest BCUT2D eigenvalue weighted by Crippen LogP contribution is 2.16. The molecule has 0 saturated heterocycles. The lowest BCUT2D eigenvalue weighted by atomic mass is 10.1. The van der Waals surface area contributed by atoms with E-state index in [0.717, 1.165) is 5.56 Å². The van der Waals surface area contributed by atoms with Gasteiger partial charge in [0.1, 0.15) is 5.69 Å². The molecule has 0 aliphatic heterocycles. The number of carbonyl (C=O) groups excluding carboxylic acids is 1. The predicted octanol–water partition coefficient (Wildman–Crippen LogP) is 1.59. The number of benzene rings is 1. The lowest BCUT2D eigenvalue weighted by Gasteiger charge is -2.16. The van der Waals surface area contributed by atoms with E-state index in [0.29, 0.717) is 5.02 Å². The first-order valence-electron chi connectivity index (χ1n) is 5.64. The summed E-state index contributed by atoms with van der Waals surface area (Å²) in [4.78, 5) is 19.6. The summed E-state index contributed by atoms with van der Waals surface area (Å²) in [6, 6.07) is 6.40. The van der Waals surface area contributed by atoms with Gasteiger partial charge in [-0.25, -0.2) is 4.98 Å². The normalized spacial score (nSPS) is 11.9. The van der Waals surface area contributed by atoms with Crippen molar-refractivity contribution in [3.05, 3.63) is 59.1 Å². The largest absolute Gasteiger partial charge is 0.394 e. The highest BCUT2D eigenvalue weighted by Gasteiger charge is 2.15. The zero-order valence-electron chi connectivity index (χ0n) is 9.95. The number of halogens is 1. The molecule has 0 fully saturated rings. The van der Waals surface area contributed by atoms with Gasteiger partial charge in [0.05, 0.1) is 18.8 Å². The van der Waals surface area contributed by atoms with Crippen LogP contribution in [0.4, 0.5) is 0 Å². The number of rotatable bonds is 4. The molecule has 1 atom stereocenters. The molecule has 1 amide bonds. The Morgan fingerprint density at radius 1 is 1.32 bits per heavy atom. The molecule has 2 rings (SSSR count). The Balaban J connectivity index is 2.11. The zero-order chi connectivity index (χ0) is 13.7. The third-order valence-corrected chi connectivity index (χ3v) is 2.81. The average Bonchev–Trinajstić information content (AvgIpc) is 2.46. The highest BCUT2D eigenvalue weighted by molar-refractivity contribution is 6.30. The number of nitrogens with zero attached hydrogens (tertiary/aromatic N) is 2. The second-order valence-electron chi connectivity index (χ2n) is 3.85. The monoisotopic (exact) mass is 277 g/mol. The van der Waals surface area contributed by atoms with Gasteiger partial charge in [0, 0.05) is 17.4 Å². The second kappa shape index (κ2) is 6.26. The van der Waals surface area contributed by atoms with Crippen molar-refractivity contribution >= 4 is 17.5 Å². The van der Waals surface area contributed by atoms with E-state index in [1.807, 2.05) is 0 Å². The summed E-state index contributed by atoms with van der Waals surface area (Å²) in [5, 5.41) is 12.6. The summed E-state index contributed by atoms with van der Waals surface area (Å²) in [5.41, 5.74) is 0.971. The van der Waals surface area contributed by atoms with E-state index in [1.165, 1.54) is 18.6 Å². The Hall–Kier alpha value is -1.98. The van der Waals surface area contributed by atoms with Crippen LogP contribution in [-0.2, 0) is 0 Å². The van der Waals surface area contributed by atoms with E-state index < -0.39 is 6.04 Å². The summed E-state index contributed by atoms with van der Waals surface area (Å²) >= 11 is 5.79. The maximum Gasteiger partial charge on any atom is 0.272 e. The molecular formula is C13H12ClN3O2. The quantitative estimate of drug-likeness (QED) is 0.890. The molecule has 0 bridgehead atoms. The van der Waals surface area contributed by atoms with Crippen LogP contribution in [-0.4, -0.2) is 27.6 Å². The number of hydrogen-bond acceptors (Lipinski definition) is 4. The Labute approximate surface area is 115 Å². The fourth-order valence-corrected chi connectivity index (χ4v) is 1.70. The lowest BCUT2D eigenvalue weighted by Crippen LogP contribution is -2.31. The van der Waals surface area contributed by atoms with Crippen molar-refractivity contribution in [1.82, 2.24) is 15.3 Å². The van der Waals surface area contributed by atoms with Crippen molar-refractivity contribution in [1.29, 1.82) is 0 Å². The van der Waals surface area contributed by atoms with Gasteiger partial charge in [-0.1, -0.05) is 23.7 Å². The minimum absolute atomic E-state index is 0.204. The van der Waals surface area contributed by atoms with Crippen molar-refractivity contribution < 1.29 is 9.90 Å². The SMILES string of the molecule is O=C(NC(CO)c1ccc(Cl)cc1)c1cnccn1. The minimum atomic E-state index is -0.508. The minimum Gasteiger partial charge on any atom is -0.394 e. The molecule has 0 spiro atoms. The van der Waals surface area contributed by atoms with E-state index in [2.05, 4.69) is 15.3 Å². The standard InChI is InChI=1S/C13H12ClN3O2/c14-10-3-1-9(2-4-10)12(8-18)17-13(19)11-7-15-5-6-16-11/h1-7,12,18H,8H2,(H,17,19). The molecule has 0 radical (unpaired) electrons. The van der Waals surface area contributed by atoms with Crippen LogP contribution in [0.25, 0.3) is 0 Å². The van der Waals surface area contributed by atoms with Crippen LogP contribution in [0.2, 0.25) is 5.02 Å². The molecule has 2 aromatic rings. The lowest BCUT2D eigenvalue weighted by molar-refractivity contribution is 0.0910. The van der Waals surface area contributed by atoms with Crippen molar-refractivity contribution in [3.8, 4) is 0 Å². The molecule has 0 aliphatic carbocycles. The van der Waals surface area contributed by atoms with E-state index in [9.17, 15) is 9.90 Å². The smallest absolute Gasteiger partial charge is 0.272 e. The number of carbonyl (C=O) groups is 1. The van der Waals surface area contributed by atoms with Crippen molar-refractivity contribution in [2.45, 2.75) is 6.04 Å². The van der Waals surface area contributed by atoms with Gasteiger partial charge in [-0.15, -0.1) is 0 Å². The molecule has 1 heterocycles. The Morgan fingerprint density at radius 2 is 2.05 bits per heavy atom. The molecule has 1 aromatic heterocycles. The summed E-state index contributed by atoms with van der Waals surface area (Å²) in [6.45, 7) is -0.215. The number of aliphatic hydroxyl groups is 1. The maximum absolute atomic E-state index is 11.9. The topological polar surface area (TPSA) is 75.1 Å². The van der Waals surface area contributed by atoms with Gasteiger partial charge in [-0.3, -0.25) is 9.78 Å². The van der Waals surface area contributed by atoms with Gasteiger partial charge >= 0.3 is 0 Å². The van der Waals surface area contributed by atoms with Gasteiger partial charge in [0.15, 0.2) is 0 Å². The molecule has 98 valence electrons. The van der Waals surface area contributed by atoms with Crippen LogP contribution in [0.1, 0.15) is 22.1 Å². The van der Waals surface area contributed by atoms with Gasteiger partial charge in [-0.2, -0.15) is 0 Å². The molecular weight excluding hydrogens is 266 g/mol. The van der Waals surface area contributed by atoms with Crippen molar-refractivity contribution in [2.24, 2.45) is 0 Å². The number of nitrogens with one attached hydrogen (secondary N) is 1. The molecule has 19 heavy (non-hydrogen) atoms. The van der Waals surface area contributed by atoms with Crippen LogP contribution in [0, 0.1) is 0 Å². The Bertz CT molecular complexity index is 546. The third kappa shape index (κ3) is 3.49. The molecule has 0 saturated carbocycles. The van der Waals surface area contributed by atoms with E-state index >= 15 is 0 Å².